The molecule has 2 N–H and O–H groups in total. The van der Waals surface area contributed by atoms with Crippen LogP contribution in [0.3, 0.4) is 0 Å². The van der Waals surface area contributed by atoms with E-state index in [-0.39, 0.29) is 29.0 Å². The van der Waals surface area contributed by atoms with Crippen LogP contribution in [0.5, 0.6) is 0 Å². The van der Waals surface area contributed by atoms with E-state index in [0.717, 1.165) is 0 Å². The number of hydrogen-bond acceptors (Lipinski definition) is 2. The molecule has 17 heavy (non-hydrogen) atoms. The highest BCUT2D eigenvalue weighted by molar-refractivity contribution is 6.30. The van der Waals surface area contributed by atoms with Crippen molar-refractivity contribution in [2.24, 2.45) is 5.92 Å². The zero-order chi connectivity index (χ0) is 13.0. The average molecular weight is 260 g/mol. The van der Waals surface area contributed by atoms with Gasteiger partial charge in [0.25, 0.3) is 0 Å². The summed E-state index contributed by atoms with van der Waals surface area (Å²) in [4.78, 5) is 11.5. The maximum Gasteiger partial charge on any atom is 0.223 e. The van der Waals surface area contributed by atoms with Crippen molar-refractivity contribution in [2.45, 2.75) is 19.9 Å². The second-order valence-corrected chi connectivity index (χ2v) is 4.45. The molecule has 0 aromatic heterocycles. The van der Waals surface area contributed by atoms with Crippen LogP contribution in [-0.2, 0) is 4.79 Å². The number of halogens is 2. The minimum absolute atomic E-state index is 0.0280. The molecule has 0 aliphatic carbocycles. The van der Waals surface area contributed by atoms with E-state index in [4.69, 9.17) is 11.6 Å². The van der Waals surface area contributed by atoms with Crippen molar-refractivity contribution in [3.63, 3.8) is 0 Å². The summed E-state index contributed by atoms with van der Waals surface area (Å²) in [5, 5.41) is 11.7. The predicted octanol–water partition coefficient (Wildman–Crippen LogP) is 2.28. The zero-order valence-corrected chi connectivity index (χ0v) is 10.5. The van der Waals surface area contributed by atoms with Crippen LogP contribution in [0.25, 0.3) is 0 Å². The van der Waals surface area contributed by atoms with Gasteiger partial charge in [-0.25, -0.2) is 4.39 Å². The summed E-state index contributed by atoms with van der Waals surface area (Å²) in [6.45, 7) is 3.06. The van der Waals surface area contributed by atoms with Gasteiger partial charge >= 0.3 is 0 Å². The Morgan fingerprint density at radius 2 is 2.18 bits per heavy atom. The molecule has 0 unspecified atom stereocenters. The predicted molar refractivity (Wildman–Crippen MR) is 64.2 cm³/mol. The Balaban J connectivity index is 2.94. The fourth-order valence-electron chi connectivity index (χ4n) is 1.35. The van der Waals surface area contributed by atoms with Crippen molar-refractivity contribution in [2.75, 3.05) is 6.61 Å². The highest BCUT2D eigenvalue weighted by Gasteiger charge is 2.19. The van der Waals surface area contributed by atoms with Gasteiger partial charge in [-0.1, -0.05) is 37.6 Å². The van der Waals surface area contributed by atoms with Crippen molar-refractivity contribution in [3.05, 3.63) is 34.6 Å². The lowest BCUT2D eigenvalue weighted by Crippen LogP contribution is -2.34. The first-order chi connectivity index (χ1) is 7.97. The summed E-state index contributed by atoms with van der Waals surface area (Å²) < 4.78 is 13.7. The van der Waals surface area contributed by atoms with E-state index in [9.17, 15) is 14.3 Å². The molecule has 1 aromatic carbocycles. The molecule has 0 bridgehead atoms. The maximum atomic E-state index is 13.7. The second-order valence-electron chi connectivity index (χ2n) is 4.04. The first-order valence-electron chi connectivity index (χ1n) is 5.32. The van der Waals surface area contributed by atoms with Gasteiger partial charge < -0.3 is 10.4 Å². The highest BCUT2D eigenvalue weighted by Crippen LogP contribution is 2.23. The van der Waals surface area contributed by atoms with Gasteiger partial charge in [0.15, 0.2) is 0 Å². The number of carbonyl (C=O) groups is 1. The van der Waals surface area contributed by atoms with E-state index in [1.54, 1.807) is 19.9 Å². The number of rotatable bonds is 4. The lowest BCUT2D eigenvalue weighted by Gasteiger charge is -2.19. The van der Waals surface area contributed by atoms with E-state index in [2.05, 4.69) is 5.32 Å². The van der Waals surface area contributed by atoms with Gasteiger partial charge in [-0.2, -0.15) is 0 Å². The Kier molecular flexibility index (Phi) is 4.90. The van der Waals surface area contributed by atoms with Crippen LogP contribution in [0.4, 0.5) is 4.39 Å². The van der Waals surface area contributed by atoms with Crippen LogP contribution in [-0.4, -0.2) is 17.6 Å². The van der Waals surface area contributed by atoms with E-state index in [0.29, 0.717) is 0 Å². The third kappa shape index (κ3) is 3.41. The van der Waals surface area contributed by atoms with Crippen molar-refractivity contribution in [1.29, 1.82) is 0 Å². The van der Waals surface area contributed by atoms with Crippen LogP contribution in [0.1, 0.15) is 25.5 Å². The molecule has 0 fully saturated rings. The molecule has 5 heteroatoms. The fourth-order valence-corrected chi connectivity index (χ4v) is 1.53. The highest BCUT2D eigenvalue weighted by atomic mass is 35.5. The van der Waals surface area contributed by atoms with Gasteiger partial charge in [0, 0.05) is 11.5 Å². The van der Waals surface area contributed by atoms with Gasteiger partial charge in [0.05, 0.1) is 17.7 Å². The molecule has 1 amide bonds. The zero-order valence-electron chi connectivity index (χ0n) is 9.71. The smallest absolute Gasteiger partial charge is 0.223 e. The number of amides is 1. The number of benzene rings is 1. The average Bonchev–Trinajstić information content (AvgIpc) is 2.29. The van der Waals surface area contributed by atoms with Crippen molar-refractivity contribution in [3.8, 4) is 0 Å². The summed E-state index contributed by atoms with van der Waals surface area (Å²) in [5.41, 5.74) is 0.189. The monoisotopic (exact) mass is 259 g/mol. The van der Waals surface area contributed by atoms with Crippen LogP contribution < -0.4 is 5.32 Å². The van der Waals surface area contributed by atoms with E-state index >= 15 is 0 Å². The molecule has 0 heterocycles. The van der Waals surface area contributed by atoms with E-state index in [1.807, 2.05) is 0 Å². The first kappa shape index (κ1) is 13.9. The molecule has 3 nitrogen and oxygen atoms in total. The third-order valence-electron chi connectivity index (χ3n) is 2.38. The summed E-state index contributed by atoms with van der Waals surface area (Å²) in [5.74, 6) is -1.09. The SMILES string of the molecule is CC(C)C(=O)N[C@H](CO)c1cccc(Cl)c1F. The van der Waals surface area contributed by atoms with Gasteiger partial charge in [-0.3, -0.25) is 4.79 Å². The number of hydrogen-bond donors (Lipinski definition) is 2. The summed E-state index contributed by atoms with van der Waals surface area (Å²) >= 11 is 5.64. The largest absolute Gasteiger partial charge is 0.394 e. The normalized spacial score (nSPS) is 12.6. The topological polar surface area (TPSA) is 49.3 Å². The van der Waals surface area contributed by atoms with Crippen LogP contribution >= 0.6 is 11.6 Å². The van der Waals surface area contributed by atoms with E-state index in [1.165, 1.54) is 12.1 Å². The number of aliphatic hydroxyl groups is 1. The van der Waals surface area contributed by atoms with E-state index < -0.39 is 11.9 Å². The molecule has 0 saturated heterocycles. The number of carbonyl (C=O) groups excluding carboxylic acids is 1. The number of nitrogens with one attached hydrogen (secondary N) is 1. The Bertz CT molecular complexity index is 409. The lowest BCUT2D eigenvalue weighted by molar-refractivity contribution is -0.125. The molecule has 0 aliphatic heterocycles. The molecule has 1 atom stereocenters. The summed E-state index contributed by atoms with van der Waals surface area (Å²) in [6.07, 6.45) is 0. The van der Waals surface area contributed by atoms with Crippen molar-refractivity contribution < 1.29 is 14.3 Å². The minimum Gasteiger partial charge on any atom is -0.394 e. The number of aliphatic hydroxyl groups excluding tert-OH is 1. The molecule has 1 rings (SSSR count). The molecule has 0 spiro atoms. The Morgan fingerprint density at radius 1 is 1.53 bits per heavy atom. The van der Waals surface area contributed by atoms with Crippen molar-refractivity contribution >= 4 is 17.5 Å². The molecular formula is C12H15ClFNO2. The lowest BCUT2D eigenvalue weighted by atomic mass is 10.1. The van der Waals surface area contributed by atoms with Gasteiger partial charge in [0.1, 0.15) is 5.82 Å². The van der Waals surface area contributed by atoms with Gasteiger partial charge in [-0.15, -0.1) is 0 Å². The molecule has 1 aromatic rings. The van der Waals surface area contributed by atoms with Crippen LogP contribution in [0, 0.1) is 11.7 Å². The molecule has 0 radical (unpaired) electrons. The van der Waals surface area contributed by atoms with Gasteiger partial charge in [-0.05, 0) is 6.07 Å². The Morgan fingerprint density at radius 3 is 2.71 bits per heavy atom. The molecule has 94 valence electrons. The quantitative estimate of drug-likeness (QED) is 0.872. The standard InChI is InChI=1S/C12H15ClFNO2/c1-7(2)12(17)15-10(6-16)8-4-3-5-9(13)11(8)14/h3-5,7,10,16H,6H2,1-2H3,(H,15,17)/t10-/m1/s1. The summed E-state index contributed by atoms with van der Waals surface area (Å²) in [6, 6.07) is 3.70. The Labute approximate surface area is 105 Å². The fraction of sp³-hybridized carbons (Fsp3) is 0.417. The van der Waals surface area contributed by atoms with Gasteiger partial charge in [0.2, 0.25) is 5.91 Å². The van der Waals surface area contributed by atoms with Crippen LogP contribution in [0.15, 0.2) is 18.2 Å². The van der Waals surface area contributed by atoms with Crippen LogP contribution in [0.2, 0.25) is 5.02 Å². The molecule has 0 saturated carbocycles. The minimum atomic E-state index is -0.774. The second kappa shape index (κ2) is 5.98. The van der Waals surface area contributed by atoms with Crippen molar-refractivity contribution in [1.82, 2.24) is 5.32 Å². The first-order valence-corrected chi connectivity index (χ1v) is 5.70. The third-order valence-corrected chi connectivity index (χ3v) is 2.67. The molecule has 0 aliphatic rings. The molecular weight excluding hydrogens is 245 g/mol. The maximum absolute atomic E-state index is 13.7. The summed E-state index contributed by atoms with van der Waals surface area (Å²) in [7, 11) is 0. The Hall–Kier alpha value is -1.13.